The Bertz CT molecular complexity index is 802. The largest absolute Gasteiger partial charge is 0.497 e. The molecule has 1 aromatic rings. The third kappa shape index (κ3) is 4.08. The van der Waals surface area contributed by atoms with Gasteiger partial charge in [0.2, 0.25) is 5.91 Å². The number of imide groups is 1. The number of nitrogens with one attached hydrogen (secondary N) is 1. The summed E-state index contributed by atoms with van der Waals surface area (Å²) in [5.74, 6) is 0.182. The van der Waals surface area contributed by atoms with E-state index < -0.39 is 33.1 Å². The minimum absolute atomic E-state index is 0.240. The zero-order chi connectivity index (χ0) is 19.3. The van der Waals surface area contributed by atoms with Gasteiger partial charge < -0.3 is 4.74 Å². The van der Waals surface area contributed by atoms with Crippen LogP contribution >= 0.6 is 11.9 Å². The van der Waals surface area contributed by atoms with E-state index in [4.69, 9.17) is 4.74 Å². The van der Waals surface area contributed by atoms with Crippen LogP contribution in [0, 0.1) is 0 Å². The van der Waals surface area contributed by atoms with Crippen LogP contribution in [0.3, 0.4) is 0 Å². The van der Waals surface area contributed by atoms with Gasteiger partial charge in [-0.05, 0) is 37.6 Å². The topological polar surface area (TPSA) is 105 Å². The van der Waals surface area contributed by atoms with Gasteiger partial charge >= 0.3 is 15.7 Å². The summed E-state index contributed by atoms with van der Waals surface area (Å²) in [6.07, 6.45) is 0.833. The van der Waals surface area contributed by atoms with E-state index in [9.17, 15) is 18.0 Å². The third-order valence-corrected chi connectivity index (χ3v) is 5.25. The van der Waals surface area contributed by atoms with Crippen LogP contribution in [0.4, 0.5) is 4.79 Å². The lowest BCUT2D eigenvalue weighted by molar-refractivity contribution is -0.130. The lowest BCUT2D eigenvalue weighted by Gasteiger charge is -2.25. The van der Waals surface area contributed by atoms with Gasteiger partial charge in [0.1, 0.15) is 11.2 Å². The zero-order valence-corrected chi connectivity index (χ0v) is 16.4. The molecule has 0 spiro atoms. The van der Waals surface area contributed by atoms with Gasteiger partial charge in [-0.15, -0.1) is 0 Å². The Morgan fingerprint density at radius 2 is 2.04 bits per heavy atom. The highest BCUT2D eigenvalue weighted by atomic mass is 32.2. The monoisotopic (exact) mass is 399 g/mol. The Morgan fingerprint density at radius 1 is 1.38 bits per heavy atom. The summed E-state index contributed by atoms with van der Waals surface area (Å²) in [4.78, 5) is 26.8. The van der Waals surface area contributed by atoms with Crippen LogP contribution in [0.1, 0.15) is 25.3 Å². The van der Waals surface area contributed by atoms with Gasteiger partial charge in [0.05, 0.1) is 13.2 Å². The molecule has 1 aliphatic carbocycles. The average molecular weight is 399 g/mol. The van der Waals surface area contributed by atoms with Crippen molar-refractivity contribution in [2.75, 3.05) is 20.7 Å². The second-order valence-corrected chi connectivity index (χ2v) is 7.38. The molecule has 142 valence electrons. The van der Waals surface area contributed by atoms with Gasteiger partial charge in [0.15, 0.2) is 0 Å². The molecule has 2 rings (SSSR count). The zero-order valence-electron chi connectivity index (χ0n) is 14.8. The highest BCUT2D eigenvalue weighted by Crippen LogP contribution is 2.52. The minimum Gasteiger partial charge on any atom is -0.497 e. The summed E-state index contributed by atoms with van der Waals surface area (Å²) in [7, 11) is 0.490. The molecule has 1 N–H and O–H groups in total. The molecular weight excluding hydrogens is 378 g/mol. The van der Waals surface area contributed by atoms with Gasteiger partial charge in [0, 0.05) is 18.5 Å². The molecule has 10 heteroatoms. The van der Waals surface area contributed by atoms with Crippen LogP contribution in [-0.4, -0.2) is 51.2 Å². The fourth-order valence-corrected chi connectivity index (χ4v) is 3.83. The Hall–Kier alpha value is -1.91. The van der Waals surface area contributed by atoms with E-state index in [0.29, 0.717) is 17.7 Å². The Kier molecular flexibility index (Phi) is 6.79. The Balaban J connectivity index is 2.45. The smallest absolute Gasteiger partial charge is 0.311 e. The maximum atomic E-state index is 13.3. The number of hydrogen-bond donors (Lipinski definition) is 1. The van der Waals surface area contributed by atoms with Crippen LogP contribution in [0.15, 0.2) is 28.6 Å². The van der Waals surface area contributed by atoms with E-state index in [1.807, 2.05) is 6.92 Å². The van der Waals surface area contributed by atoms with Crippen molar-refractivity contribution in [1.82, 2.24) is 9.62 Å². The van der Waals surface area contributed by atoms with E-state index in [1.165, 1.54) is 7.11 Å². The first-order chi connectivity index (χ1) is 12.4. The Labute approximate surface area is 158 Å². The number of benzene rings is 1. The van der Waals surface area contributed by atoms with Gasteiger partial charge in [-0.1, -0.05) is 19.1 Å². The van der Waals surface area contributed by atoms with E-state index in [0.717, 1.165) is 16.8 Å². The first-order valence-corrected chi connectivity index (χ1v) is 9.89. The predicted octanol–water partition coefficient (Wildman–Crippen LogP) is 1.99. The highest BCUT2D eigenvalue weighted by Gasteiger charge is 2.64. The minimum atomic E-state index is -2.63. The van der Waals surface area contributed by atoms with Crippen molar-refractivity contribution in [2.45, 2.75) is 31.2 Å². The Morgan fingerprint density at radius 3 is 2.54 bits per heavy atom. The van der Waals surface area contributed by atoms with Crippen molar-refractivity contribution in [2.24, 2.45) is 4.36 Å². The second kappa shape index (κ2) is 8.65. The number of rotatable bonds is 7. The summed E-state index contributed by atoms with van der Waals surface area (Å²) in [6.45, 7) is 2.11. The van der Waals surface area contributed by atoms with E-state index in [1.54, 1.807) is 31.3 Å². The molecule has 1 fully saturated rings. The van der Waals surface area contributed by atoms with Gasteiger partial charge in [-0.2, -0.15) is 12.8 Å². The van der Waals surface area contributed by atoms with Crippen LogP contribution in [0.25, 0.3) is 0 Å². The van der Waals surface area contributed by atoms with Crippen LogP contribution in [0.5, 0.6) is 5.75 Å². The molecule has 0 aliphatic heterocycles. The molecule has 1 aliphatic rings. The average Bonchev–Trinajstić information content (AvgIpc) is 3.33. The molecule has 0 aromatic heterocycles. The van der Waals surface area contributed by atoms with Crippen molar-refractivity contribution in [3.05, 3.63) is 29.8 Å². The number of carbonyl (C=O) groups excluding carboxylic acids is 2. The van der Waals surface area contributed by atoms with E-state index in [-0.39, 0.29) is 13.0 Å². The molecule has 0 heterocycles. The van der Waals surface area contributed by atoms with Crippen molar-refractivity contribution in [3.8, 4) is 5.75 Å². The molecule has 8 nitrogen and oxygen atoms in total. The predicted molar refractivity (Wildman–Crippen MR) is 98.5 cm³/mol. The SMILES string of the molecule is CCCN(C(=O)SNC)C(=O)C1(c2ccc(OC)cc2)CC1N=S(=O)=O. The van der Waals surface area contributed by atoms with Crippen molar-refractivity contribution < 1.29 is 22.7 Å². The fourth-order valence-electron chi connectivity index (χ4n) is 2.91. The van der Waals surface area contributed by atoms with E-state index in [2.05, 4.69) is 9.08 Å². The molecule has 2 atom stereocenters. The van der Waals surface area contributed by atoms with Gasteiger partial charge in [-0.3, -0.25) is 19.2 Å². The number of ether oxygens (including phenoxy) is 1. The lowest BCUT2D eigenvalue weighted by atomic mass is 9.93. The van der Waals surface area contributed by atoms with Gasteiger partial charge in [0.25, 0.3) is 0 Å². The van der Waals surface area contributed by atoms with E-state index >= 15 is 0 Å². The normalized spacial score (nSPS) is 21.0. The van der Waals surface area contributed by atoms with Crippen molar-refractivity contribution >= 4 is 33.6 Å². The quantitative estimate of drug-likeness (QED) is 0.699. The van der Waals surface area contributed by atoms with Gasteiger partial charge in [-0.25, -0.2) is 0 Å². The number of hydrogen-bond acceptors (Lipinski definition) is 8. The molecule has 26 heavy (non-hydrogen) atoms. The summed E-state index contributed by atoms with van der Waals surface area (Å²) >= 11 is 0.812. The highest BCUT2D eigenvalue weighted by molar-refractivity contribution is 8.11. The third-order valence-electron chi connectivity index (χ3n) is 4.23. The standard InChI is InChI=1S/C16H21N3O5S2/c1-4-9-19(15(21)25-17-2)14(20)16(10-13(16)18-26(22)23)11-5-7-12(24-3)8-6-11/h5-8,13,17H,4,9-10H2,1-3H3. The summed E-state index contributed by atoms with van der Waals surface area (Å²) < 4.78 is 33.5. The maximum absolute atomic E-state index is 13.3. The second-order valence-electron chi connectivity index (χ2n) is 5.77. The molecule has 1 saturated carbocycles. The fraction of sp³-hybridized carbons (Fsp3) is 0.500. The van der Waals surface area contributed by atoms with Crippen LogP contribution in [-0.2, 0) is 20.7 Å². The number of methoxy groups -OCH3 is 1. The molecule has 0 radical (unpaired) electrons. The molecule has 2 amide bonds. The van der Waals surface area contributed by atoms with Crippen LogP contribution < -0.4 is 9.46 Å². The number of amides is 2. The van der Waals surface area contributed by atoms with Crippen molar-refractivity contribution in [3.63, 3.8) is 0 Å². The summed E-state index contributed by atoms with van der Waals surface area (Å²) in [5, 5.41) is -0.430. The van der Waals surface area contributed by atoms with Crippen LogP contribution in [0.2, 0.25) is 0 Å². The number of carbonyl (C=O) groups is 2. The molecule has 1 aromatic carbocycles. The summed E-state index contributed by atoms with van der Waals surface area (Å²) in [6, 6.07) is 6.10. The molecule has 0 bridgehead atoms. The van der Waals surface area contributed by atoms with Crippen molar-refractivity contribution in [1.29, 1.82) is 0 Å². The first-order valence-electron chi connectivity index (χ1n) is 8.05. The first kappa shape index (κ1) is 20.4. The lowest BCUT2D eigenvalue weighted by Crippen LogP contribution is -2.44. The molecule has 2 unspecified atom stereocenters. The molecule has 0 saturated heterocycles. The summed E-state index contributed by atoms with van der Waals surface area (Å²) in [5.41, 5.74) is -0.531. The molecular formula is C16H21N3O5S2. The maximum Gasteiger partial charge on any atom is 0.311 e. The number of nitrogens with zero attached hydrogens (tertiary/aromatic N) is 2.